The lowest BCUT2D eigenvalue weighted by molar-refractivity contribution is -0.173. The largest absolute Gasteiger partial charge is 0.461 e. The minimum Gasteiger partial charge on any atom is -0.461 e. The highest BCUT2D eigenvalue weighted by Crippen LogP contribution is 2.34. The molecule has 0 bridgehead atoms. The Hall–Kier alpha value is -4.35. The minimum atomic E-state index is -1.25. The van der Waals surface area contributed by atoms with Crippen molar-refractivity contribution in [3.05, 3.63) is 10.4 Å². The lowest BCUT2D eigenvalue weighted by atomic mass is 10.1. The van der Waals surface area contributed by atoms with Gasteiger partial charge < -0.3 is 88.2 Å². The summed E-state index contributed by atoms with van der Waals surface area (Å²) in [5, 5.41) is 17.3. The maximum absolute atomic E-state index is 13.8. The molecule has 5 N–H and O–H groups in total. The predicted molar refractivity (Wildman–Crippen MR) is 243 cm³/mol. The fourth-order valence-electron chi connectivity index (χ4n) is 9.13. The van der Waals surface area contributed by atoms with E-state index in [-0.39, 0.29) is 39.3 Å². The molecule has 6 rings (SSSR count). The molecule has 0 aromatic carbocycles. The molecule has 6 heterocycles. The van der Waals surface area contributed by atoms with Crippen LogP contribution in [0.1, 0.15) is 96.9 Å². The molecule has 6 fully saturated rings. The third-order valence-electron chi connectivity index (χ3n) is 11.7. The molecule has 0 aromatic rings. The van der Waals surface area contributed by atoms with Gasteiger partial charge in [-0.1, -0.05) is 5.11 Å². The monoisotopic (exact) mass is 1030 g/mol. The van der Waals surface area contributed by atoms with Crippen LogP contribution in [-0.2, 0) is 90.3 Å². The van der Waals surface area contributed by atoms with Gasteiger partial charge in [-0.25, -0.2) is 4.79 Å². The van der Waals surface area contributed by atoms with Gasteiger partial charge in [-0.05, 0) is 102 Å². The lowest BCUT2D eigenvalue weighted by Crippen LogP contribution is -2.53. The molecule has 27 nitrogen and oxygen atoms in total. The summed E-state index contributed by atoms with van der Waals surface area (Å²) < 4.78 is 76.3. The Labute approximate surface area is 417 Å². The first-order chi connectivity index (χ1) is 33.3. The number of nitrogens with one attached hydrogen (secondary N) is 5. The number of nitrogens with zero attached hydrogens (tertiary/aromatic N) is 3. The van der Waals surface area contributed by atoms with Crippen LogP contribution < -0.4 is 26.6 Å². The summed E-state index contributed by atoms with van der Waals surface area (Å²) in [5.41, 5.74) is 8.79. The number of hydrogen-bond acceptors (Lipinski definition) is 20. The average molecular weight is 1030 g/mol. The summed E-state index contributed by atoms with van der Waals surface area (Å²) in [4.78, 5) is 83.6. The second-order valence-corrected chi connectivity index (χ2v) is 21.2. The zero-order valence-corrected chi connectivity index (χ0v) is 43.3. The van der Waals surface area contributed by atoms with Crippen LogP contribution in [0.15, 0.2) is 5.11 Å². The summed E-state index contributed by atoms with van der Waals surface area (Å²) in [6.07, 6.45) is -13.1. The average Bonchev–Trinajstić information content (AvgIpc) is 4.08. The van der Waals surface area contributed by atoms with Gasteiger partial charge in [-0.3, -0.25) is 24.0 Å². The topological polar surface area (TPSA) is 331 Å². The Kier molecular flexibility index (Phi) is 17.3. The lowest BCUT2D eigenvalue weighted by Gasteiger charge is -2.22. The van der Waals surface area contributed by atoms with Crippen LogP contribution in [0, 0.1) is 0 Å². The molecule has 0 aromatic heterocycles. The summed E-state index contributed by atoms with van der Waals surface area (Å²) >= 11 is 0. The number of carbonyl (C=O) groups is 6. The number of hydrogen-bond donors (Lipinski definition) is 5. The number of azide groups is 1. The Morgan fingerprint density at radius 2 is 0.639 bits per heavy atom. The van der Waals surface area contributed by atoms with Crippen molar-refractivity contribution < 1.29 is 90.3 Å². The highest BCUT2D eigenvalue weighted by atomic mass is 16.8. The van der Waals surface area contributed by atoms with E-state index in [0.717, 1.165) is 0 Å². The number of carbonyl (C=O) groups excluding carboxylic acids is 6. The number of amides is 5. The molecule has 0 spiro atoms. The van der Waals surface area contributed by atoms with E-state index in [1.165, 1.54) is 0 Å². The standard InChI is InChI=1S/C45H72N8O19/c1-21(2)60-39(59)33-26(65-45(13,14)72-33)19-51-37(57)31-24(63-43(9,10)70-31)17-49-35(55)29-22(61-41(5,6)68-29)15-47-34(54)28-23(62-40(3,4)67-28)16-48-36(56)30-25(64-42(7,8)69-30)18-50-38(58)32-27(20-52-53-46)66-44(11,12)71-32/h21-33H,15-20H2,1-14H3,(H,47,54)(H,48,56)(H,49,55)(H,50,58)(H,51,57)/t22-,23-,24-,25-,26-,27-,28+,29+,30+,31+,32+,33+/m1/s1. The van der Waals surface area contributed by atoms with Gasteiger partial charge in [0.05, 0.1) is 12.6 Å². The van der Waals surface area contributed by atoms with Crippen molar-refractivity contribution in [2.75, 3.05) is 39.3 Å². The fourth-order valence-corrected chi connectivity index (χ4v) is 9.13. The Morgan fingerprint density at radius 3 is 0.889 bits per heavy atom. The van der Waals surface area contributed by atoms with Crippen LogP contribution in [0.2, 0.25) is 0 Å². The van der Waals surface area contributed by atoms with Crippen molar-refractivity contribution in [3.63, 3.8) is 0 Å². The van der Waals surface area contributed by atoms with E-state index in [2.05, 4.69) is 36.6 Å². The second kappa shape index (κ2) is 21.9. The molecule has 6 aliphatic heterocycles. The van der Waals surface area contributed by atoms with Crippen molar-refractivity contribution in [3.8, 4) is 0 Å². The summed E-state index contributed by atoms with van der Waals surface area (Å²) in [7, 11) is 0. The van der Waals surface area contributed by atoms with Crippen molar-refractivity contribution in [2.45, 2.75) is 211 Å². The van der Waals surface area contributed by atoms with Crippen molar-refractivity contribution >= 4 is 35.5 Å². The molecular weight excluding hydrogens is 957 g/mol. The second-order valence-electron chi connectivity index (χ2n) is 21.2. The quantitative estimate of drug-likeness (QED) is 0.0490. The summed E-state index contributed by atoms with van der Waals surface area (Å²) in [6, 6.07) is 0. The van der Waals surface area contributed by atoms with E-state index < -0.39 is 150 Å². The molecule has 406 valence electrons. The van der Waals surface area contributed by atoms with Crippen LogP contribution in [0.3, 0.4) is 0 Å². The summed E-state index contributed by atoms with van der Waals surface area (Å²) in [6.45, 7) is 21.8. The maximum Gasteiger partial charge on any atom is 0.338 e. The zero-order chi connectivity index (χ0) is 53.4. The molecule has 0 unspecified atom stereocenters. The molecular formula is C45H72N8O19. The first kappa shape index (κ1) is 56.9. The van der Waals surface area contributed by atoms with Crippen molar-refractivity contribution in [2.24, 2.45) is 5.11 Å². The third kappa shape index (κ3) is 14.7. The molecule has 0 aliphatic carbocycles. The van der Waals surface area contributed by atoms with Gasteiger partial charge in [0.1, 0.15) is 36.6 Å². The van der Waals surface area contributed by atoms with Crippen LogP contribution in [-0.4, -0.2) is 189 Å². The third-order valence-corrected chi connectivity index (χ3v) is 11.7. The Bertz CT molecular complexity index is 2080. The maximum atomic E-state index is 13.8. The molecule has 12 atom stereocenters. The van der Waals surface area contributed by atoms with Gasteiger partial charge in [0.25, 0.3) is 29.5 Å². The Morgan fingerprint density at radius 1 is 0.417 bits per heavy atom. The smallest absolute Gasteiger partial charge is 0.338 e. The predicted octanol–water partition coefficient (Wildman–Crippen LogP) is -0.0501. The number of ether oxygens (including phenoxy) is 13. The van der Waals surface area contributed by atoms with Gasteiger partial charge >= 0.3 is 5.97 Å². The van der Waals surface area contributed by atoms with E-state index >= 15 is 0 Å². The van der Waals surface area contributed by atoms with Crippen LogP contribution in [0.4, 0.5) is 0 Å². The molecule has 6 saturated heterocycles. The molecule has 0 radical (unpaired) electrons. The van der Waals surface area contributed by atoms with Gasteiger partial charge in [-0.2, -0.15) is 0 Å². The highest BCUT2D eigenvalue weighted by molar-refractivity contribution is 5.85. The van der Waals surface area contributed by atoms with E-state index in [1.54, 1.807) is 96.9 Å². The minimum absolute atomic E-state index is 0.121. The first-order valence-electron chi connectivity index (χ1n) is 24.0. The van der Waals surface area contributed by atoms with Crippen LogP contribution in [0.25, 0.3) is 10.4 Å². The summed E-state index contributed by atoms with van der Waals surface area (Å²) in [5.74, 6) is -10.8. The van der Waals surface area contributed by atoms with Gasteiger partial charge in [-0.15, -0.1) is 0 Å². The normalized spacial score (nSPS) is 34.5. The van der Waals surface area contributed by atoms with Gasteiger partial charge in [0.2, 0.25) is 0 Å². The molecule has 6 aliphatic rings. The SMILES string of the molecule is CC(C)OC(=O)[C@H]1OC(C)(C)O[C@@H]1CNC(=O)[C@H]1OC(C)(C)O[C@@H]1CNC(=O)[C@H]1OC(C)(C)O[C@@H]1CNC(=O)[C@H]1OC(C)(C)O[C@@H]1CNC(=O)[C@H]1OC(C)(C)O[C@@H]1CNC(=O)[C@H]1OC(C)(C)O[C@@H]1CN=[N+]=[N-]. The van der Waals surface area contributed by atoms with Crippen molar-refractivity contribution in [1.29, 1.82) is 0 Å². The molecule has 27 heteroatoms. The van der Waals surface area contributed by atoms with Gasteiger partial charge in [0, 0.05) is 37.6 Å². The number of esters is 1. The fraction of sp³-hybridized carbons (Fsp3) is 0.867. The van der Waals surface area contributed by atoms with E-state index in [0.29, 0.717) is 0 Å². The molecule has 0 saturated carbocycles. The molecule has 72 heavy (non-hydrogen) atoms. The van der Waals surface area contributed by atoms with E-state index in [9.17, 15) is 28.8 Å². The number of rotatable bonds is 19. The van der Waals surface area contributed by atoms with Crippen LogP contribution in [0.5, 0.6) is 0 Å². The van der Waals surface area contributed by atoms with Crippen molar-refractivity contribution in [1.82, 2.24) is 26.6 Å². The highest BCUT2D eigenvalue weighted by Gasteiger charge is 2.53. The van der Waals surface area contributed by atoms with Crippen LogP contribution >= 0.6 is 0 Å². The van der Waals surface area contributed by atoms with E-state index in [1.807, 2.05) is 0 Å². The molecule has 5 amide bonds. The van der Waals surface area contributed by atoms with Gasteiger partial charge in [0.15, 0.2) is 71.3 Å². The first-order valence-corrected chi connectivity index (χ1v) is 24.0. The Balaban J connectivity index is 1.01. The zero-order valence-electron chi connectivity index (χ0n) is 43.3. The van der Waals surface area contributed by atoms with E-state index in [4.69, 9.17) is 67.1 Å².